The standard InChI is InChI=1S/C28H37NO3/c1-24(2)10-11-25(3)8-7-20-26(4)9-6-18-12-19(30)17(16-29)14-27(18,5)21(26)13-23(31)28(20,32)22(25)15-24/h13-14,18,20,22,32H,6-12,15H2,1-5H3. The van der Waals surface area contributed by atoms with E-state index in [2.05, 4.69) is 40.7 Å². The molecule has 0 amide bonds. The van der Waals surface area contributed by atoms with Gasteiger partial charge in [-0.3, -0.25) is 9.59 Å². The molecule has 4 nitrogen and oxygen atoms in total. The Bertz CT molecular complexity index is 1010. The molecule has 3 saturated carbocycles. The van der Waals surface area contributed by atoms with Gasteiger partial charge >= 0.3 is 0 Å². The van der Waals surface area contributed by atoms with Crippen molar-refractivity contribution in [3.05, 3.63) is 23.3 Å². The number of hydrogen-bond acceptors (Lipinski definition) is 4. The minimum atomic E-state index is -1.32. The van der Waals surface area contributed by atoms with Crippen LogP contribution in [0.5, 0.6) is 0 Å². The summed E-state index contributed by atoms with van der Waals surface area (Å²) < 4.78 is 0. The summed E-state index contributed by atoms with van der Waals surface area (Å²) >= 11 is 0. The Morgan fingerprint density at radius 2 is 1.72 bits per heavy atom. The lowest BCUT2D eigenvalue weighted by Crippen LogP contribution is -2.68. The molecule has 0 aliphatic heterocycles. The quantitative estimate of drug-likeness (QED) is 0.559. The first-order chi connectivity index (χ1) is 14.8. The number of rotatable bonds is 0. The fraction of sp³-hybridized carbons (Fsp3) is 0.750. The summed E-state index contributed by atoms with van der Waals surface area (Å²) in [5.74, 6) is -0.218. The number of carbonyl (C=O) groups is 2. The van der Waals surface area contributed by atoms with Crippen LogP contribution in [0.25, 0.3) is 0 Å². The van der Waals surface area contributed by atoms with Gasteiger partial charge < -0.3 is 5.11 Å². The molecule has 0 saturated heterocycles. The maximum absolute atomic E-state index is 13.9. The van der Waals surface area contributed by atoms with Crippen molar-refractivity contribution in [1.82, 2.24) is 0 Å². The van der Waals surface area contributed by atoms with E-state index in [0.29, 0.717) is 6.42 Å². The highest BCUT2D eigenvalue weighted by Gasteiger charge is 2.69. The average molecular weight is 436 g/mol. The van der Waals surface area contributed by atoms with Crippen molar-refractivity contribution < 1.29 is 14.7 Å². The largest absolute Gasteiger partial charge is 0.381 e. The van der Waals surface area contributed by atoms with Crippen molar-refractivity contribution in [3.8, 4) is 6.07 Å². The summed E-state index contributed by atoms with van der Waals surface area (Å²) in [5.41, 5.74) is -0.676. The van der Waals surface area contributed by atoms with Gasteiger partial charge in [-0.05, 0) is 73.2 Å². The first-order valence-electron chi connectivity index (χ1n) is 12.5. The molecule has 0 aromatic heterocycles. The highest BCUT2D eigenvalue weighted by Crippen LogP contribution is 2.69. The van der Waals surface area contributed by atoms with Gasteiger partial charge in [-0.1, -0.05) is 46.3 Å². The van der Waals surface area contributed by atoms with Crippen molar-refractivity contribution in [2.24, 2.45) is 39.4 Å². The first-order valence-corrected chi connectivity index (χ1v) is 12.5. The van der Waals surface area contributed by atoms with Gasteiger partial charge in [0, 0.05) is 23.7 Å². The van der Waals surface area contributed by atoms with E-state index in [1.165, 1.54) is 0 Å². The summed E-state index contributed by atoms with van der Waals surface area (Å²) in [7, 11) is 0. The Morgan fingerprint density at radius 1 is 1.00 bits per heavy atom. The van der Waals surface area contributed by atoms with Gasteiger partial charge in [0.1, 0.15) is 11.7 Å². The maximum atomic E-state index is 13.9. The zero-order chi connectivity index (χ0) is 23.3. The molecule has 5 aliphatic rings. The molecular weight excluding hydrogens is 398 g/mol. The van der Waals surface area contributed by atoms with Gasteiger partial charge in [0.05, 0.1) is 5.57 Å². The van der Waals surface area contributed by atoms with Crippen LogP contribution in [-0.2, 0) is 9.59 Å². The number of ketones is 2. The van der Waals surface area contributed by atoms with Gasteiger partial charge in [-0.2, -0.15) is 5.26 Å². The molecule has 7 atom stereocenters. The van der Waals surface area contributed by atoms with E-state index in [1.54, 1.807) is 6.08 Å². The summed E-state index contributed by atoms with van der Waals surface area (Å²) in [4.78, 5) is 26.4. The first kappa shape index (κ1) is 22.1. The lowest BCUT2D eigenvalue weighted by atomic mass is 9.38. The van der Waals surface area contributed by atoms with E-state index in [-0.39, 0.29) is 51.1 Å². The predicted molar refractivity (Wildman–Crippen MR) is 122 cm³/mol. The molecule has 0 spiro atoms. The normalized spacial score (nSPS) is 49.5. The van der Waals surface area contributed by atoms with Gasteiger partial charge in [-0.15, -0.1) is 0 Å². The van der Waals surface area contributed by atoms with Crippen LogP contribution in [-0.4, -0.2) is 22.3 Å². The van der Waals surface area contributed by atoms with Gasteiger partial charge in [0.25, 0.3) is 0 Å². The van der Waals surface area contributed by atoms with E-state index in [0.717, 1.165) is 50.5 Å². The van der Waals surface area contributed by atoms with Crippen LogP contribution in [0.3, 0.4) is 0 Å². The van der Waals surface area contributed by atoms with Crippen LogP contribution in [0.4, 0.5) is 0 Å². The second kappa shape index (κ2) is 6.44. The van der Waals surface area contributed by atoms with Crippen molar-refractivity contribution in [3.63, 3.8) is 0 Å². The fourth-order valence-electron chi connectivity index (χ4n) is 8.76. The Labute approximate surface area is 192 Å². The Kier molecular flexibility index (Phi) is 4.44. The van der Waals surface area contributed by atoms with Gasteiger partial charge in [0.15, 0.2) is 11.6 Å². The van der Waals surface area contributed by atoms with E-state index in [4.69, 9.17) is 0 Å². The van der Waals surface area contributed by atoms with Crippen molar-refractivity contribution in [2.75, 3.05) is 0 Å². The molecule has 5 aliphatic carbocycles. The van der Waals surface area contributed by atoms with Crippen LogP contribution >= 0.6 is 0 Å². The highest BCUT2D eigenvalue weighted by atomic mass is 16.3. The molecule has 32 heavy (non-hydrogen) atoms. The third-order valence-corrected chi connectivity index (χ3v) is 10.8. The van der Waals surface area contributed by atoms with Crippen LogP contribution in [0.15, 0.2) is 23.3 Å². The van der Waals surface area contributed by atoms with E-state index < -0.39 is 11.0 Å². The van der Waals surface area contributed by atoms with E-state index >= 15 is 0 Å². The van der Waals surface area contributed by atoms with Gasteiger partial charge in [0.2, 0.25) is 0 Å². The van der Waals surface area contributed by atoms with Gasteiger partial charge in [-0.25, -0.2) is 0 Å². The Morgan fingerprint density at radius 3 is 2.41 bits per heavy atom. The maximum Gasteiger partial charge on any atom is 0.187 e. The average Bonchev–Trinajstić information content (AvgIpc) is 2.72. The van der Waals surface area contributed by atoms with Crippen LogP contribution < -0.4 is 0 Å². The third kappa shape index (κ3) is 2.64. The fourth-order valence-corrected chi connectivity index (χ4v) is 8.76. The lowest BCUT2D eigenvalue weighted by Gasteiger charge is -2.66. The van der Waals surface area contributed by atoms with Crippen molar-refractivity contribution >= 4 is 11.6 Å². The number of aliphatic hydroxyl groups is 1. The number of nitriles is 1. The summed E-state index contributed by atoms with van der Waals surface area (Å²) in [6.45, 7) is 11.2. The molecule has 7 unspecified atom stereocenters. The molecule has 0 heterocycles. The van der Waals surface area contributed by atoms with Crippen LogP contribution in [0.1, 0.15) is 86.0 Å². The molecular formula is C28H37NO3. The molecule has 0 aromatic carbocycles. The number of Topliss-reactive ketones (excluding diaryl/α,β-unsaturated/α-hetero) is 1. The summed E-state index contributed by atoms with van der Waals surface area (Å²) in [6.07, 6.45) is 10.8. The molecule has 3 fully saturated rings. The zero-order valence-corrected chi connectivity index (χ0v) is 20.3. The number of fused-ring (bicyclic) bond motifs is 7. The monoisotopic (exact) mass is 435 g/mol. The smallest absolute Gasteiger partial charge is 0.187 e. The molecule has 0 aromatic rings. The molecule has 5 rings (SSSR count). The second-order valence-corrected chi connectivity index (χ2v) is 13.1. The molecule has 172 valence electrons. The zero-order valence-electron chi connectivity index (χ0n) is 20.3. The Balaban J connectivity index is 1.66. The summed E-state index contributed by atoms with van der Waals surface area (Å²) in [6, 6.07) is 2.10. The van der Waals surface area contributed by atoms with Crippen LogP contribution in [0.2, 0.25) is 0 Å². The Hall–Kier alpha value is -1.73. The molecule has 1 N–H and O–H groups in total. The van der Waals surface area contributed by atoms with Crippen molar-refractivity contribution in [2.45, 2.75) is 91.6 Å². The van der Waals surface area contributed by atoms with Crippen LogP contribution in [0, 0.1) is 50.7 Å². The second-order valence-electron chi connectivity index (χ2n) is 13.1. The topological polar surface area (TPSA) is 78.2 Å². The third-order valence-electron chi connectivity index (χ3n) is 10.8. The SMILES string of the molecule is CC1(C)CCC2(C)CCC3C4(C)CCC5CC(=O)C(C#N)=CC5(C)C4=CC(=O)C3(O)C2C1. The van der Waals surface area contributed by atoms with Crippen molar-refractivity contribution in [1.29, 1.82) is 5.26 Å². The molecule has 0 radical (unpaired) electrons. The summed E-state index contributed by atoms with van der Waals surface area (Å²) in [5, 5.41) is 21.9. The molecule has 0 bridgehead atoms. The lowest BCUT2D eigenvalue weighted by molar-refractivity contribution is -0.205. The predicted octanol–water partition coefficient (Wildman–Crippen LogP) is 5.31. The number of carbonyl (C=O) groups excluding carboxylic acids is 2. The van der Waals surface area contributed by atoms with E-state index in [1.807, 2.05) is 6.08 Å². The number of allylic oxidation sites excluding steroid dienone is 3. The number of nitrogens with zero attached hydrogens (tertiary/aromatic N) is 1. The molecule has 4 heteroatoms. The number of hydrogen-bond donors (Lipinski definition) is 1. The minimum Gasteiger partial charge on any atom is -0.381 e. The minimum absolute atomic E-state index is 0.00434. The van der Waals surface area contributed by atoms with E-state index in [9.17, 15) is 20.0 Å². The highest BCUT2D eigenvalue weighted by molar-refractivity contribution is 6.02.